The number of carbonyl (C=O) groups is 2. The van der Waals surface area contributed by atoms with Crippen molar-refractivity contribution in [2.24, 2.45) is 11.8 Å². The lowest BCUT2D eigenvalue weighted by Crippen LogP contribution is -2.24. The van der Waals surface area contributed by atoms with Crippen molar-refractivity contribution in [3.63, 3.8) is 0 Å². The van der Waals surface area contributed by atoms with Gasteiger partial charge in [0.05, 0.1) is 6.10 Å². The lowest BCUT2D eigenvalue weighted by Gasteiger charge is -2.20. The maximum Gasteiger partial charge on any atom is 0.334 e. The van der Waals surface area contributed by atoms with Crippen LogP contribution in [0.4, 0.5) is 0 Å². The maximum atomic E-state index is 11.6. The van der Waals surface area contributed by atoms with Crippen molar-refractivity contribution in [1.29, 1.82) is 0 Å². The molecule has 0 bridgehead atoms. The van der Waals surface area contributed by atoms with Gasteiger partial charge in [0.25, 0.3) is 0 Å². The summed E-state index contributed by atoms with van der Waals surface area (Å²) in [7, 11) is 0. The second kappa shape index (κ2) is 4.04. The van der Waals surface area contributed by atoms with Gasteiger partial charge < -0.3 is 9.47 Å². The number of fused-ring (bicyclic) bond motifs is 2. The molecule has 2 saturated heterocycles. The number of allylic oxidation sites excluding steroid dienone is 1. The van der Waals surface area contributed by atoms with E-state index in [4.69, 9.17) is 9.47 Å². The van der Waals surface area contributed by atoms with Crippen molar-refractivity contribution in [2.75, 3.05) is 0 Å². The molecule has 0 aromatic rings. The predicted octanol–water partition coefficient (Wildman–Crippen LogP) is 1.80. The average molecular weight is 262 g/mol. The third kappa shape index (κ3) is 1.86. The lowest BCUT2D eigenvalue weighted by molar-refractivity contribution is -0.139. The number of rotatable bonds is 2. The van der Waals surface area contributed by atoms with Crippen LogP contribution in [0.1, 0.15) is 26.7 Å². The first-order valence-electron chi connectivity index (χ1n) is 6.71. The van der Waals surface area contributed by atoms with E-state index >= 15 is 0 Å². The first-order valence-corrected chi connectivity index (χ1v) is 6.71. The fourth-order valence-electron chi connectivity index (χ4n) is 3.38. The summed E-state index contributed by atoms with van der Waals surface area (Å²) in [5.41, 5.74) is 0.224. The number of carbonyl (C=O) groups excluding carboxylic acids is 2. The quantitative estimate of drug-likeness (QED) is 0.432. The summed E-state index contributed by atoms with van der Waals surface area (Å²) in [6, 6.07) is 0. The van der Waals surface area contributed by atoms with Crippen LogP contribution >= 0.6 is 0 Å². The molecule has 3 fully saturated rings. The SMILES string of the molecule is C=C1C(=O)OC2CC(C)C3(C=CC(C)=O)OC3CC12. The van der Waals surface area contributed by atoms with E-state index in [9.17, 15) is 9.59 Å². The van der Waals surface area contributed by atoms with Crippen LogP contribution in [0.25, 0.3) is 0 Å². The summed E-state index contributed by atoms with van der Waals surface area (Å²) in [5, 5.41) is 0. The Labute approximate surface area is 112 Å². The van der Waals surface area contributed by atoms with Crippen molar-refractivity contribution in [3.8, 4) is 0 Å². The Morgan fingerprint density at radius 2 is 2.21 bits per heavy atom. The van der Waals surface area contributed by atoms with Gasteiger partial charge in [-0.25, -0.2) is 4.79 Å². The van der Waals surface area contributed by atoms with Gasteiger partial charge in [-0.2, -0.15) is 0 Å². The minimum absolute atomic E-state index is 0.0242. The highest BCUT2D eigenvalue weighted by Crippen LogP contribution is 2.54. The van der Waals surface area contributed by atoms with E-state index in [1.807, 2.05) is 6.08 Å². The Hall–Kier alpha value is -1.42. The first kappa shape index (κ1) is 12.6. The Kier molecular flexibility index (Phi) is 2.68. The van der Waals surface area contributed by atoms with Gasteiger partial charge in [-0.3, -0.25) is 4.79 Å². The monoisotopic (exact) mass is 262 g/mol. The molecule has 0 N–H and O–H groups in total. The van der Waals surface area contributed by atoms with Gasteiger partial charge in [-0.05, 0) is 37.8 Å². The molecule has 0 amide bonds. The third-order valence-electron chi connectivity index (χ3n) is 4.61. The normalized spacial score (nSPS) is 44.5. The summed E-state index contributed by atoms with van der Waals surface area (Å²) in [6.45, 7) is 7.45. The van der Waals surface area contributed by atoms with Crippen molar-refractivity contribution in [2.45, 2.75) is 44.5 Å². The molecule has 3 rings (SSSR count). The number of esters is 1. The second-order valence-corrected chi connectivity index (χ2v) is 5.85. The first-order chi connectivity index (χ1) is 8.94. The smallest absolute Gasteiger partial charge is 0.334 e. The van der Waals surface area contributed by atoms with Crippen LogP contribution in [0.15, 0.2) is 24.3 Å². The van der Waals surface area contributed by atoms with Crippen molar-refractivity contribution in [3.05, 3.63) is 24.3 Å². The number of hydrogen-bond acceptors (Lipinski definition) is 4. The molecule has 5 unspecified atom stereocenters. The molecule has 19 heavy (non-hydrogen) atoms. The summed E-state index contributed by atoms with van der Waals surface area (Å²) >= 11 is 0. The number of hydrogen-bond donors (Lipinski definition) is 0. The topological polar surface area (TPSA) is 55.9 Å². The number of ketones is 1. The highest BCUT2D eigenvalue weighted by atomic mass is 16.6. The largest absolute Gasteiger partial charge is 0.458 e. The van der Waals surface area contributed by atoms with E-state index in [0.29, 0.717) is 5.57 Å². The third-order valence-corrected chi connectivity index (χ3v) is 4.61. The summed E-state index contributed by atoms with van der Waals surface area (Å²) < 4.78 is 11.2. The van der Waals surface area contributed by atoms with Gasteiger partial charge >= 0.3 is 5.97 Å². The van der Waals surface area contributed by atoms with Gasteiger partial charge in [-0.15, -0.1) is 0 Å². The van der Waals surface area contributed by atoms with Gasteiger partial charge in [-0.1, -0.05) is 13.5 Å². The summed E-state index contributed by atoms with van der Waals surface area (Å²) in [6.07, 6.45) is 4.97. The van der Waals surface area contributed by atoms with Crippen LogP contribution in [-0.2, 0) is 19.1 Å². The van der Waals surface area contributed by atoms with E-state index in [1.54, 1.807) is 6.08 Å². The maximum absolute atomic E-state index is 11.6. The predicted molar refractivity (Wildman–Crippen MR) is 68.3 cm³/mol. The Morgan fingerprint density at radius 3 is 2.89 bits per heavy atom. The Bertz CT molecular complexity index is 492. The van der Waals surface area contributed by atoms with Crippen molar-refractivity contribution < 1.29 is 19.1 Å². The van der Waals surface area contributed by atoms with Crippen molar-refractivity contribution >= 4 is 11.8 Å². The zero-order valence-corrected chi connectivity index (χ0v) is 11.2. The molecular formula is C15H18O4. The zero-order chi connectivity index (χ0) is 13.8. The highest BCUT2D eigenvalue weighted by molar-refractivity contribution is 5.91. The van der Waals surface area contributed by atoms with Crippen LogP contribution < -0.4 is 0 Å². The fraction of sp³-hybridized carbons (Fsp3) is 0.600. The van der Waals surface area contributed by atoms with Crippen LogP contribution in [0.5, 0.6) is 0 Å². The molecule has 3 aliphatic rings. The van der Waals surface area contributed by atoms with Crippen LogP contribution in [0.3, 0.4) is 0 Å². The van der Waals surface area contributed by atoms with Crippen LogP contribution in [0, 0.1) is 11.8 Å². The van der Waals surface area contributed by atoms with E-state index in [1.165, 1.54) is 6.92 Å². The summed E-state index contributed by atoms with van der Waals surface area (Å²) in [4.78, 5) is 22.7. The zero-order valence-electron chi connectivity index (χ0n) is 11.2. The standard InChI is InChI=1S/C15H18O4/c1-8-6-12-11(10(3)14(17)18-12)7-13-15(8,19-13)5-4-9(2)16/h4-5,8,11-13H,3,6-7H2,1-2H3. The van der Waals surface area contributed by atoms with E-state index in [-0.39, 0.29) is 41.4 Å². The van der Waals surface area contributed by atoms with Gasteiger partial charge in [0.15, 0.2) is 5.78 Å². The van der Waals surface area contributed by atoms with E-state index < -0.39 is 0 Å². The molecule has 4 heteroatoms. The Balaban J connectivity index is 1.83. The fourth-order valence-corrected chi connectivity index (χ4v) is 3.38. The molecule has 0 spiro atoms. The highest BCUT2D eigenvalue weighted by Gasteiger charge is 2.63. The van der Waals surface area contributed by atoms with E-state index in [2.05, 4.69) is 13.5 Å². The van der Waals surface area contributed by atoms with Gasteiger partial charge in [0.1, 0.15) is 11.7 Å². The molecule has 1 aliphatic carbocycles. The second-order valence-electron chi connectivity index (χ2n) is 5.85. The number of ether oxygens (including phenoxy) is 2. The average Bonchev–Trinajstić information content (AvgIpc) is 3.00. The molecule has 102 valence electrons. The lowest BCUT2D eigenvalue weighted by atomic mass is 9.88. The van der Waals surface area contributed by atoms with Crippen LogP contribution in [-0.4, -0.2) is 29.6 Å². The molecule has 2 aliphatic heterocycles. The van der Waals surface area contributed by atoms with Crippen LogP contribution in [0.2, 0.25) is 0 Å². The van der Waals surface area contributed by atoms with Gasteiger partial charge in [0, 0.05) is 11.5 Å². The minimum atomic E-state index is -0.345. The molecule has 4 nitrogen and oxygen atoms in total. The molecule has 0 aromatic carbocycles. The molecular weight excluding hydrogens is 244 g/mol. The molecule has 2 heterocycles. The number of epoxide rings is 1. The van der Waals surface area contributed by atoms with E-state index in [0.717, 1.165) is 12.8 Å². The Morgan fingerprint density at radius 1 is 1.47 bits per heavy atom. The molecule has 0 radical (unpaired) electrons. The molecule has 1 saturated carbocycles. The minimum Gasteiger partial charge on any atom is -0.458 e. The molecule has 0 aromatic heterocycles. The molecule has 5 atom stereocenters. The summed E-state index contributed by atoms with van der Waals surface area (Å²) in [5.74, 6) is 0.0441. The van der Waals surface area contributed by atoms with Gasteiger partial charge in [0.2, 0.25) is 0 Å². The van der Waals surface area contributed by atoms with Crippen molar-refractivity contribution in [1.82, 2.24) is 0 Å².